The number of rotatable bonds is 1. The van der Waals surface area contributed by atoms with E-state index in [0.717, 1.165) is 16.6 Å². The Morgan fingerprint density at radius 2 is 1.89 bits per heavy atom. The second kappa shape index (κ2) is 3.77. The van der Waals surface area contributed by atoms with Gasteiger partial charge in [0, 0.05) is 11.4 Å². The number of hydrogen-bond acceptors (Lipinski definition) is 4. The third-order valence-electron chi connectivity index (χ3n) is 2.85. The number of nitrogens with two attached hydrogens (primary N) is 2. The van der Waals surface area contributed by atoms with Crippen LogP contribution in [0.2, 0.25) is 0 Å². The number of nitrogen functional groups attached to an aromatic ring is 2. The quantitative estimate of drug-likeness (QED) is 0.640. The molecule has 1 heterocycles. The van der Waals surface area contributed by atoms with E-state index < -0.39 is 0 Å². The fraction of sp³-hybridized carbons (Fsp3) is 0.0714. The lowest BCUT2D eigenvalue weighted by Crippen LogP contribution is -1.90. The molecule has 0 saturated carbocycles. The van der Waals surface area contributed by atoms with Gasteiger partial charge >= 0.3 is 0 Å². The topological polar surface area (TPSA) is 78.1 Å². The second-order valence-corrected chi connectivity index (χ2v) is 4.34. The summed E-state index contributed by atoms with van der Waals surface area (Å²) in [5.74, 6) is 0.521. The Balaban J connectivity index is 2.19. The fourth-order valence-electron chi connectivity index (χ4n) is 1.94. The first-order valence-corrected chi connectivity index (χ1v) is 5.66. The van der Waals surface area contributed by atoms with Gasteiger partial charge in [-0.2, -0.15) is 0 Å². The number of aryl methyl sites for hydroxylation is 1. The Morgan fingerprint density at radius 3 is 2.67 bits per heavy atom. The van der Waals surface area contributed by atoms with Crippen LogP contribution < -0.4 is 11.5 Å². The molecule has 0 bridgehead atoms. The van der Waals surface area contributed by atoms with Crippen molar-refractivity contribution in [1.82, 2.24) is 4.98 Å². The van der Waals surface area contributed by atoms with E-state index in [0.29, 0.717) is 22.8 Å². The molecule has 0 amide bonds. The van der Waals surface area contributed by atoms with E-state index in [9.17, 15) is 0 Å². The Morgan fingerprint density at radius 1 is 1.06 bits per heavy atom. The zero-order valence-electron chi connectivity index (χ0n) is 9.97. The predicted molar refractivity (Wildman–Crippen MR) is 73.0 cm³/mol. The first-order chi connectivity index (χ1) is 8.63. The molecular formula is C14H13N3O. The maximum atomic E-state index is 5.98. The van der Waals surface area contributed by atoms with Gasteiger partial charge in [-0.1, -0.05) is 6.07 Å². The molecule has 0 unspecified atom stereocenters. The van der Waals surface area contributed by atoms with Gasteiger partial charge in [-0.05, 0) is 42.8 Å². The van der Waals surface area contributed by atoms with Crippen molar-refractivity contribution in [3.63, 3.8) is 0 Å². The summed E-state index contributed by atoms with van der Waals surface area (Å²) in [7, 11) is 0. The molecule has 18 heavy (non-hydrogen) atoms. The Kier molecular flexibility index (Phi) is 2.23. The summed E-state index contributed by atoms with van der Waals surface area (Å²) in [4.78, 5) is 4.41. The van der Waals surface area contributed by atoms with Crippen LogP contribution in [0.3, 0.4) is 0 Å². The molecule has 0 atom stereocenters. The normalized spacial score (nSPS) is 10.9. The van der Waals surface area contributed by atoms with Crippen molar-refractivity contribution in [3.8, 4) is 11.5 Å². The SMILES string of the molecule is Cc1ccc(-c2nc3cc(N)ccc3o2)c(N)c1. The van der Waals surface area contributed by atoms with Crippen LogP contribution in [0, 0.1) is 6.92 Å². The largest absolute Gasteiger partial charge is 0.436 e. The Hall–Kier alpha value is -2.49. The van der Waals surface area contributed by atoms with Gasteiger partial charge in [0.2, 0.25) is 5.89 Å². The average Bonchev–Trinajstić information content (AvgIpc) is 2.71. The minimum Gasteiger partial charge on any atom is -0.436 e. The molecule has 0 saturated heterocycles. The van der Waals surface area contributed by atoms with Gasteiger partial charge in [0.25, 0.3) is 0 Å². The van der Waals surface area contributed by atoms with Crippen molar-refractivity contribution in [1.29, 1.82) is 0 Å². The molecule has 4 N–H and O–H groups in total. The fourth-order valence-corrected chi connectivity index (χ4v) is 1.94. The smallest absolute Gasteiger partial charge is 0.229 e. The number of benzene rings is 2. The number of nitrogens with zero attached hydrogens (tertiary/aromatic N) is 1. The average molecular weight is 239 g/mol. The van der Waals surface area contributed by atoms with Crippen molar-refractivity contribution in [3.05, 3.63) is 42.0 Å². The number of anilines is 2. The van der Waals surface area contributed by atoms with E-state index in [1.807, 2.05) is 31.2 Å². The molecule has 3 rings (SSSR count). The molecule has 90 valence electrons. The Bertz CT molecular complexity index is 731. The van der Waals surface area contributed by atoms with Gasteiger partial charge in [0.05, 0.1) is 5.56 Å². The van der Waals surface area contributed by atoms with Crippen LogP contribution in [0.5, 0.6) is 0 Å². The van der Waals surface area contributed by atoms with Gasteiger partial charge in [-0.25, -0.2) is 4.98 Å². The van der Waals surface area contributed by atoms with Crippen molar-refractivity contribution >= 4 is 22.5 Å². The van der Waals surface area contributed by atoms with Crippen molar-refractivity contribution < 1.29 is 4.42 Å². The van der Waals surface area contributed by atoms with Crippen molar-refractivity contribution in [2.75, 3.05) is 11.5 Å². The summed E-state index contributed by atoms with van der Waals surface area (Å²) < 4.78 is 5.68. The number of fused-ring (bicyclic) bond motifs is 1. The minimum atomic E-state index is 0.521. The van der Waals surface area contributed by atoms with Crippen LogP contribution in [-0.2, 0) is 0 Å². The highest BCUT2D eigenvalue weighted by atomic mass is 16.3. The third kappa shape index (κ3) is 1.68. The molecule has 0 spiro atoms. The minimum absolute atomic E-state index is 0.521. The summed E-state index contributed by atoms with van der Waals surface area (Å²) in [6.07, 6.45) is 0. The maximum Gasteiger partial charge on any atom is 0.229 e. The molecular weight excluding hydrogens is 226 g/mol. The number of hydrogen-bond donors (Lipinski definition) is 2. The summed E-state index contributed by atoms with van der Waals surface area (Å²) in [5, 5.41) is 0. The highest BCUT2D eigenvalue weighted by Gasteiger charge is 2.11. The van der Waals surface area contributed by atoms with Crippen LogP contribution in [0.4, 0.5) is 11.4 Å². The van der Waals surface area contributed by atoms with Crippen LogP contribution >= 0.6 is 0 Å². The summed E-state index contributed by atoms with van der Waals surface area (Å²) in [6, 6.07) is 11.2. The van der Waals surface area contributed by atoms with E-state index in [1.165, 1.54) is 0 Å². The Labute approximate surface area is 104 Å². The monoisotopic (exact) mass is 239 g/mol. The number of oxazole rings is 1. The van der Waals surface area contributed by atoms with E-state index in [4.69, 9.17) is 15.9 Å². The van der Waals surface area contributed by atoms with Crippen LogP contribution in [0.15, 0.2) is 40.8 Å². The standard InChI is InChI=1S/C14H13N3O/c1-8-2-4-10(11(16)6-8)14-17-12-7-9(15)3-5-13(12)18-14/h2-7H,15-16H2,1H3. The van der Waals surface area contributed by atoms with Gasteiger partial charge in [0.1, 0.15) is 5.52 Å². The number of aromatic nitrogens is 1. The highest BCUT2D eigenvalue weighted by molar-refractivity contribution is 5.81. The zero-order chi connectivity index (χ0) is 12.7. The molecule has 1 aromatic heterocycles. The van der Waals surface area contributed by atoms with Crippen LogP contribution in [-0.4, -0.2) is 4.98 Å². The van der Waals surface area contributed by atoms with Gasteiger partial charge in [-0.3, -0.25) is 0 Å². The molecule has 0 fully saturated rings. The molecule has 0 aliphatic heterocycles. The summed E-state index contributed by atoms with van der Waals surface area (Å²) in [5.41, 5.74) is 16.4. The predicted octanol–water partition coefficient (Wildman–Crippen LogP) is 2.97. The van der Waals surface area contributed by atoms with Gasteiger partial charge in [0.15, 0.2) is 5.58 Å². The molecule has 0 aliphatic carbocycles. The van der Waals surface area contributed by atoms with Gasteiger partial charge in [-0.15, -0.1) is 0 Å². The summed E-state index contributed by atoms with van der Waals surface area (Å²) >= 11 is 0. The third-order valence-corrected chi connectivity index (χ3v) is 2.85. The first-order valence-electron chi connectivity index (χ1n) is 5.66. The van der Waals surface area contributed by atoms with E-state index in [1.54, 1.807) is 12.1 Å². The van der Waals surface area contributed by atoms with E-state index >= 15 is 0 Å². The van der Waals surface area contributed by atoms with E-state index in [2.05, 4.69) is 4.98 Å². The lowest BCUT2D eigenvalue weighted by Gasteiger charge is -2.01. The molecule has 3 aromatic rings. The zero-order valence-corrected chi connectivity index (χ0v) is 9.97. The van der Waals surface area contributed by atoms with E-state index in [-0.39, 0.29) is 0 Å². The lowest BCUT2D eigenvalue weighted by molar-refractivity contribution is 0.620. The van der Waals surface area contributed by atoms with Crippen LogP contribution in [0.1, 0.15) is 5.56 Å². The molecule has 4 nitrogen and oxygen atoms in total. The molecule has 0 aliphatic rings. The van der Waals surface area contributed by atoms with Crippen molar-refractivity contribution in [2.45, 2.75) is 6.92 Å². The summed E-state index contributed by atoms with van der Waals surface area (Å²) in [6.45, 7) is 1.99. The first kappa shape index (κ1) is 10.7. The maximum absolute atomic E-state index is 5.98. The molecule has 0 radical (unpaired) electrons. The van der Waals surface area contributed by atoms with Crippen molar-refractivity contribution in [2.24, 2.45) is 0 Å². The second-order valence-electron chi connectivity index (χ2n) is 4.34. The van der Waals surface area contributed by atoms with Gasteiger partial charge < -0.3 is 15.9 Å². The molecule has 2 aromatic carbocycles. The molecule has 4 heteroatoms. The van der Waals surface area contributed by atoms with Crippen LogP contribution in [0.25, 0.3) is 22.6 Å². The lowest BCUT2D eigenvalue weighted by atomic mass is 10.1. The highest BCUT2D eigenvalue weighted by Crippen LogP contribution is 2.29.